The Morgan fingerprint density at radius 1 is 1.00 bits per heavy atom. The Kier molecular flexibility index (Phi) is 5.07. The quantitative estimate of drug-likeness (QED) is 0.922. The van der Waals surface area contributed by atoms with Gasteiger partial charge in [-0.2, -0.15) is 0 Å². The summed E-state index contributed by atoms with van der Waals surface area (Å²) < 4.78 is 5.22. The summed E-state index contributed by atoms with van der Waals surface area (Å²) in [5.74, 6) is 0.118. The van der Waals surface area contributed by atoms with Crippen molar-refractivity contribution in [2.45, 2.75) is 44.9 Å². The highest BCUT2D eigenvalue weighted by atomic mass is 16.5. The highest BCUT2D eigenvalue weighted by molar-refractivity contribution is 5.94. The maximum atomic E-state index is 12.7. The lowest BCUT2D eigenvalue weighted by atomic mass is 9.68. The summed E-state index contributed by atoms with van der Waals surface area (Å²) in [6, 6.07) is 6.93. The van der Waals surface area contributed by atoms with E-state index in [1.807, 2.05) is 4.90 Å². The van der Waals surface area contributed by atoms with Crippen LogP contribution in [0.2, 0.25) is 0 Å². The van der Waals surface area contributed by atoms with Crippen molar-refractivity contribution in [3.05, 3.63) is 29.8 Å². The van der Waals surface area contributed by atoms with Gasteiger partial charge in [-0.15, -0.1) is 0 Å². The lowest BCUT2D eigenvalue weighted by Crippen LogP contribution is -2.43. The van der Waals surface area contributed by atoms with Gasteiger partial charge < -0.3 is 15.4 Å². The summed E-state index contributed by atoms with van der Waals surface area (Å²) in [7, 11) is 0. The second-order valence-electron chi connectivity index (χ2n) is 7.13. The van der Waals surface area contributed by atoms with E-state index in [0.29, 0.717) is 16.7 Å². The fourth-order valence-electron chi connectivity index (χ4n) is 4.02. The highest BCUT2D eigenvalue weighted by Crippen LogP contribution is 2.44. The van der Waals surface area contributed by atoms with E-state index in [4.69, 9.17) is 10.5 Å². The van der Waals surface area contributed by atoms with Crippen LogP contribution in [-0.2, 0) is 4.79 Å². The van der Waals surface area contributed by atoms with Gasteiger partial charge in [0.2, 0.25) is 0 Å². The molecule has 2 amide bonds. The second kappa shape index (κ2) is 7.24. The largest absolute Gasteiger partial charge is 0.484 e. The molecule has 130 valence electrons. The van der Waals surface area contributed by atoms with E-state index in [1.165, 1.54) is 32.1 Å². The third-order valence-electron chi connectivity index (χ3n) is 5.51. The summed E-state index contributed by atoms with van der Waals surface area (Å²) >= 11 is 0. The number of benzene rings is 1. The van der Waals surface area contributed by atoms with Crippen molar-refractivity contribution in [2.75, 3.05) is 19.7 Å². The molecule has 1 aliphatic carbocycles. The number of amides is 2. The molecular formula is C19H26N2O3. The Bertz CT molecular complexity index is 581. The molecule has 3 rings (SSSR count). The number of rotatable bonds is 4. The van der Waals surface area contributed by atoms with Crippen LogP contribution in [0.1, 0.15) is 55.3 Å². The van der Waals surface area contributed by atoms with Gasteiger partial charge in [0.25, 0.3) is 11.8 Å². The molecule has 5 heteroatoms. The number of nitrogens with two attached hydrogens (primary N) is 1. The zero-order valence-corrected chi connectivity index (χ0v) is 14.1. The average Bonchev–Trinajstić information content (AvgIpc) is 2.61. The van der Waals surface area contributed by atoms with E-state index in [9.17, 15) is 9.59 Å². The zero-order chi connectivity index (χ0) is 17.0. The number of nitrogens with zero attached hydrogens (tertiary/aromatic N) is 1. The maximum absolute atomic E-state index is 12.7. The molecular weight excluding hydrogens is 304 g/mol. The Morgan fingerprint density at radius 3 is 2.21 bits per heavy atom. The first-order valence-electron chi connectivity index (χ1n) is 8.88. The van der Waals surface area contributed by atoms with Crippen molar-refractivity contribution < 1.29 is 14.3 Å². The lowest BCUT2D eigenvalue weighted by molar-refractivity contribution is -0.119. The molecule has 1 aliphatic heterocycles. The van der Waals surface area contributed by atoms with E-state index in [1.54, 1.807) is 24.3 Å². The van der Waals surface area contributed by atoms with Gasteiger partial charge in [0.15, 0.2) is 6.61 Å². The first-order chi connectivity index (χ1) is 11.6. The van der Waals surface area contributed by atoms with Crippen LogP contribution >= 0.6 is 0 Å². The van der Waals surface area contributed by atoms with Gasteiger partial charge in [-0.25, -0.2) is 0 Å². The Labute approximate surface area is 143 Å². The van der Waals surface area contributed by atoms with E-state index < -0.39 is 5.91 Å². The molecule has 1 saturated heterocycles. The minimum Gasteiger partial charge on any atom is -0.484 e. The van der Waals surface area contributed by atoms with Gasteiger partial charge in [-0.3, -0.25) is 9.59 Å². The summed E-state index contributed by atoms with van der Waals surface area (Å²) in [5.41, 5.74) is 6.22. The maximum Gasteiger partial charge on any atom is 0.255 e. The number of carbonyl (C=O) groups excluding carboxylic acids is 2. The number of likely N-dealkylation sites (tertiary alicyclic amines) is 1. The SMILES string of the molecule is NC(=O)COc1ccc(C(=O)N2CCC3(CCCCC3)CC2)cc1. The normalized spacial score (nSPS) is 19.9. The summed E-state index contributed by atoms with van der Waals surface area (Å²) in [5, 5.41) is 0. The Hall–Kier alpha value is -2.04. The van der Waals surface area contributed by atoms with Crippen molar-refractivity contribution in [3.8, 4) is 5.75 Å². The van der Waals surface area contributed by atoms with Crippen LogP contribution in [0.3, 0.4) is 0 Å². The fourth-order valence-corrected chi connectivity index (χ4v) is 4.02. The minimum absolute atomic E-state index is 0.0853. The number of ether oxygens (including phenoxy) is 1. The molecule has 1 aromatic rings. The minimum atomic E-state index is -0.514. The summed E-state index contributed by atoms with van der Waals surface area (Å²) in [6.45, 7) is 1.57. The molecule has 0 aromatic heterocycles. The van der Waals surface area contributed by atoms with Crippen molar-refractivity contribution in [1.29, 1.82) is 0 Å². The van der Waals surface area contributed by atoms with Crippen LogP contribution in [0.4, 0.5) is 0 Å². The van der Waals surface area contributed by atoms with Gasteiger partial charge in [-0.1, -0.05) is 19.3 Å². The van der Waals surface area contributed by atoms with Gasteiger partial charge in [0.05, 0.1) is 0 Å². The molecule has 0 radical (unpaired) electrons. The van der Waals surface area contributed by atoms with Crippen LogP contribution in [0.25, 0.3) is 0 Å². The number of piperidine rings is 1. The molecule has 2 N–H and O–H groups in total. The van der Waals surface area contributed by atoms with Crippen molar-refractivity contribution in [3.63, 3.8) is 0 Å². The molecule has 1 spiro atoms. The molecule has 2 fully saturated rings. The van der Waals surface area contributed by atoms with Crippen molar-refractivity contribution in [2.24, 2.45) is 11.1 Å². The fraction of sp³-hybridized carbons (Fsp3) is 0.579. The van der Waals surface area contributed by atoms with Gasteiger partial charge >= 0.3 is 0 Å². The van der Waals surface area contributed by atoms with E-state index >= 15 is 0 Å². The molecule has 2 aliphatic rings. The van der Waals surface area contributed by atoms with Crippen LogP contribution < -0.4 is 10.5 Å². The van der Waals surface area contributed by atoms with Crippen LogP contribution in [0, 0.1) is 5.41 Å². The smallest absolute Gasteiger partial charge is 0.255 e. The number of primary amides is 1. The average molecular weight is 330 g/mol. The molecule has 0 atom stereocenters. The molecule has 24 heavy (non-hydrogen) atoms. The van der Waals surface area contributed by atoms with Gasteiger partial charge in [0, 0.05) is 18.7 Å². The van der Waals surface area contributed by atoms with E-state index in [2.05, 4.69) is 0 Å². The molecule has 1 aromatic carbocycles. The molecule has 1 heterocycles. The summed E-state index contributed by atoms with van der Waals surface area (Å²) in [4.78, 5) is 25.3. The topological polar surface area (TPSA) is 72.6 Å². The molecule has 0 unspecified atom stereocenters. The van der Waals surface area contributed by atoms with Crippen molar-refractivity contribution in [1.82, 2.24) is 4.90 Å². The zero-order valence-electron chi connectivity index (χ0n) is 14.1. The molecule has 5 nitrogen and oxygen atoms in total. The highest BCUT2D eigenvalue weighted by Gasteiger charge is 2.36. The van der Waals surface area contributed by atoms with Crippen molar-refractivity contribution >= 4 is 11.8 Å². The molecule has 0 bridgehead atoms. The summed E-state index contributed by atoms with van der Waals surface area (Å²) in [6.07, 6.45) is 9.01. The van der Waals surface area contributed by atoms with E-state index in [-0.39, 0.29) is 12.5 Å². The monoisotopic (exact) mass is 330 g/mol. The lowest BCUT2D eigenvalue weighted by Gasteiger charge is -2.44. The van der Waals surface area contributed by atoms with Crippen LogP contribution in [0.15, 0.2) is 24.3 Å². The predicted molar refractivity (Wildman–Crippen MR) is 91.8 cm³/mol. The number of hydrogen-bond donors (Lipinski definition) is 1. The van der Waals surface area contributed by atoms with Crippen LogP contribution in [0.5, 0.6) is 5.75 Å². The first-order valence-corrected chi connectivity index (χ1v) is 8.88. The Morgan fingerprint density at radius 2 is 1.62 bits per heavy atom. The second-order valence-corrected chi connectivity index (χ2v) is 7.13. The van der Waals surface area contributed by atoms with Gasteiger partial charge in [-0.05, 0) is 55.4 Å². The standard InChI is InChI=1S/C19H26N2O3/c20-17(22)14-24-16-6-4-15(5-7-16)18(23)21-12-10-19(11-13-21)8-2-1-3-9-19/h4-7H,1-3,8-14H2,(H2,20,22). The number of hydrogen-bond acceptors (Lipinski definition) is 3. The third-order valence-corrected chi connectivity index (χ3v) is 5.51. The van der Waals surface area contributed by atoms with Crippen LogP contribution in [-0.4, -0.2) is 36.4 Å². The van der Waals surface area contributed by atoms with E-state index in [0.717, 1.165) is 25.9 Å². The Balaban J connectivity index is 1.56. The molecule has 1 saturated carbocycles. The first kappa shape index (κ1) is 16.8. The van der Waals surface area contributed by atoms with Gasteiger partial charge in [0.1, 0.15) is 5.75 Å². The third kappa shape index (κ3) is 3.89. The predicted octanol–water partition coefficient (Wildman–Crippen LogP) is 2.74. The number of carbonyl (C=O) groups is 2.